The predicted octanol–water partition coefficient (Wildman–Crippen LogP) is 4.19. The Kier molecular flexibility index (Phi) is 8.42. The Bertz CT molecular complexity index is 1090. The Labute approximate surface area is 197 Å². The monoisotopic (exact) mass is 472 g/mol. The molecule has 176 valence electrons. The van der Waals surface area contributed by atoms with Crippen molar-refractivity contribution in [1.29, 1.82) is 0 Å². The lowest BCUT2D eigenvalue weighted by atomic mass is 10.2. The maximum absolute atomic E-state index is 12.5. The third-order valence-electron chi connectivity index (χ3n) is 4.79. The van der Waals surface area contributed by atoms with Crippen LogP contribution in [-0.4, -0.2) is 47.8 Å². The highest BCUT2D eigenvalue weighted by atomic mass is 32.2. The van der Waals surface area contributed by atoms with Crippen molar-refractivity contribution in [3.8, 4) is 23.0 Å². The van der Waals surface area contributed by atoms with Crippen LogP contribution < -0.4 is 24.3 Å². The van der Waals surface area contributed by atoms with Crippen LogP contribution in [0.25, 0.3) is 0 Å². The van der Waals surface area contributed by atoms with E-state index in [1.165, 1.54) is 11.8 Å². The Balaban J connectivity index is 1.64. The first-order valence-corrected chi connectivity index (χ1v) is 11.4. The number of nitrogens with zero attached hydrogens (tertiary/aromatic N) is 3. The molecule has 0 aliphatic rings. The molecule has 3 aromatic rings. The molecule has 0 spiro atoms. The molecule has 0 aliphatic carbocycles. The van der Waals surface area contributed by atoms with Crippen LogP contribution in [0.3, 0.4) is 0 Å². The van der Waals surface area contributed by atoms with Gasteiger partial charge in [0, 0.05) is 18.7 Å². The van der Waals surface area contributed by atoms with Gasteiger partial charge in [0.15, 0.2) is 17.1 Å². The Hall–Kier alpha value is -3.40. The second-order valence-corrected chi connectivity index (χ2v) is 7.87. The van der Waals surface area contributed by atoms with E-state index in [-0.39, 0.29) is 17.8 Å². The van der Waals surface area contributed by atoms with Crippen LogP contribution >= 0.6 is 11.8 Å². The molecule has 1 atom stereocenters. The number of nitrogens with one attached hydrogen (secondary N) is 1. The van der Waals surface area contributed by atoms with Crippen molar-refractivity contribution in [2.75, 3.05) is 32.4 Å². The molecule has 0 bridgehead atoms. The first-order chi connectivity index (χ1) is 16.0. The minimum Gasteiger partial charge on any atom is -0.497 e. The van der Waals surface area contributed by atoms with E-state index in [0.29, 0.717) is 46.2 Å². The van der Waals surface area contributed by atoms with E-state index in [1.54, 1.807) is 39.5 Å². The van der Waals surface area contributed by atoms with Crippen molar-refractivity contribution in [1.82, 2.24) is 14.8 Å². The number of anilines is 1. The minimum atomic E-state index is -0.337. The summed E-state index contributed by atoms with van der Waals surface area (Å²) in [6, 6.07) is 12.6. The van der Waals surface area contributed by atoms with Crippen LogP contribution in [0.15, 0.2) is 47.6 Å². The number of aromatic nitrogens is 3. The average Bonchev–Trinajstić information content (AvgIpc) is 3.26. The van der Waals surface area contributed by atoms with E-state index in [0.717, 1.165) is 0 Å². The van der Waals surface area contributed by atoms with Crippen LogP contribution in [0.5, 0.6) is 23.0 Å². The lowest BCUT2D eigenvalue weighted by Gasteiger charge is -2.16. The standard InChI is InChI=1S/C23H28N4O5S/c1-6-27-22(15(2)32-18-9-7-8-16(12-18)29-3)25-26-23(27)33-14-21(28)24-19-11-10-17(30-4)13-20(19)31-5/h7-13,15H,6,14H2,1-5H3,(H,24,28). The average molecular weight is 473 g/mol. The van der Waals surface area contributed by atoms with Crippen LogP contribution in [0.2, 0.25) is 0 Å². The zero-order valence-corrected chi connectivity index (χ0v) is 20.1. The number of hydrogen-bond acceptors (Lipinski definition) is 8. The number of benzene rings is 2. The second-order valence-electron chi connectivity index (χ2n) is 6.93. The fourth-order valence-corrected chi connectivity index (χ4v) is 3.96. The number of carbonyl (C=O) groups excluding carboxylic acids is 1. The molecular formula is C23H28N4O5S. The number of carbonyl (C=O) groups is 1. The summed E-state index contributed by atoms with van der Waals surface area (Å²) in [5, 5.41) is 12.1. The minimum absolute atomic E-state index is 0.165. The molecule has 2 aromatic carbocycles. The summed E-state index contributed by atoms with van der Waals surface area (Å²) in [6.45, 7) is 4.55. The molecule has 3 rings (SSSR count). The third-order valence-corrected chi connectivity index (χ3v) is 5.76. The number of thioether (sulfide) groups is 1. The first-order valence-electron chi connectivity index (χ1n) is 10.4. The maximum atomic E-state index is 12.5. The molecule has 0 saturated heterocycles. The lowest BCUT2D eigenvalue weighted by Crippen LogP contribution is -2.16. The zero-order chi connectivity index (χ0) is 23.8. The molecular weight excluding hydrogens is 444 g/mol. The predicted molar refractivity (Wildman–Crippen MR) is 127 cm³/mol. The quantitative estimate of drug-likeness (QED) is 0.415. The van der Waals surface area contributed by atoms with Gasteiger partial charge < -0.3 is 28.8 Å². The van der Waals surface area contributed by atoms with Crippen LogP contribution in [0.1, 0.15) is 25.8 Å². The van der Waals surface area contributed by atoms with E-state index in [4.69, 9.17) is 18.9 Å². The van der Waals surface area contributed by atoms with Gasteiger partial charge in [-0.1, -0.05) is 17.8 Å². The highest BCUT2D eigenvalue weighted by Gasteiger charge is 2.20. The first kappa shape index (κ1) is 24.2. The van der Waals surface area contributed by atoms with Gasteiger partial charge in [-0.15, -0.1) is 10.2 Å². The van der Waals surface area contributed by atoms with Crippen molar-refractivity contribution in [3.63, 3.8) is 0 Å². The Morgan fingerprint density at radius 2 is 1.76 bits per heavy atom. The van der Waals surface area contributed by atoms with Crippen molar-refractivity contribution in [3.05, 3.63) is 48.3 Å². The van der Waals surface area contributed by atoms with Crippen molar-refractivity contribution >= 4 is 23.4 Å². The van der Waals surface area contributed by atoms with Gasteiger partial charge in [0.2, 0.25) is 5.91 Å². The summed E-state index contributed by atoms with van der Waals surface area (Å²) in [5.74, 6) is 3.22. The number of methoxy groups -OCH3 is 3. The molecule has 33 heavy (non-hydrogen) atoms. The molecule has 1 aromatic heterocycles. The number of hydrogen-bond donors (Lipinski definition) is 1. The van der Waals surface area contributed by atoms with E-state index in [1.807, 2.05) is 42.7 Å². The molecule has 0 radical (unpaired) electrons. The molecule has 1 unspecified atom stereocenters. The smallest absolute Gasteiger partial charge is 0.234 e. The van der Waals surface area contributed by atoms with Gasteiger partial charge in [0.1, 0.15) is 23.0 Å². The van der Waals surface area contributed by atoms with Crippen LogP contribution in [0, 0.1) is 0 Å². The molecule has 1 N–H and O–H groups in total. The number of amides is 1. The summed E-state index contributed by atoms with van der Waals surface area (Å²) in [5.41, 5.74) is 0.571. The van der Waals surface area contributed by atoms with Crippen LogP contribution in [0.4, 0.5) is 5.69 Å². The molecule has 1 amide bonds. The molecule has 0 aliphatic heterocycles. The number of ether oxygens (including phenoxy) is 4. The van der Waals surface area contributed by atoms with E-state index < -0.39 is 0 Å². The molecule has 0 fully saturated rings. The van der Waals surface area contributed by atoms with E-state index >= 15 is 0 Å². The maximum Gasteiger partial charge on any atom is 0.234 e. The fraction of sp³-hybridized carbons (Fsp3) is 0.348. The van der Waals surface area contributed by atoms with E-state index in [9.17, 15) is 4.79 Å². The zero-order valence-electron chi connectivity index (χ0n) is 19.3. The Morgan fingerprint density at radius 1 is 1.03 bits per heavy atom. The molecule has 10 heteroatoms. The summed E-state index contributed by atoms with van der Waals surface area (Å²) in [7, 11) is 4.73. The molecule has 0 saturated carbocycles. The van der Waals surface area contributed by atoms with Gasteiger partial charge in [-0.2, -0.15) is 0 Å². The lowest BCUT2D eigenvalue weighted by molar-refractivity contribution is -0.113. The van der Waals surface area contributed by atoms with Gasteiger partial charge >= 0.3 is 0 Å². The van der Waals surface area contributed by atoms with Gasteiger partial charge in [-0.05, 0) is 38.1 Å². The summed E-state index contributed by atoms with van der Waals surface area (Å²) < 4.78 is 23.7. The normalized spacial score (nSPS) is 11.5. The van der Waals surface area contributed by atoms with Gasteiger partial charge in [-0.3, -0.25) is 4.79 Å². The summed E-state index contributed by atoms with van der Waals surface area (Å²) in [6.07, 6.45) is -0.337. The third kappa shape index (κ3) is 6.10. The molecule has 1 heterocycles. The van der Waals surface area contributed by atoms with Crippen molar-refractivity contribution in [2.45, 2.75) is 31.7 Å². The van der Waals surface area contributed by atoms with Crippen molar-refractivity contribution < 1.29 is 23.7 Å². The van der Waals surface area contributed by atoms with Crippen LogP contribution in [-0.2, 0) is 11.3 Å². The van der Waals surface area contributed by atoms with Gasteiger partial charge in [0.25, 0.3) is 0 Å². The van der Waals surface area contributed by atoms with Gasteiger partial charge in [0.05, 0.1) is 32.8 Å². The van der Waals surface area contributed by atoms with E-state index in [2.05, 4.69) is 15.5 Å². The molecule has 9 nitrogen and oxygen atoms in total. The highest BCUT2D eigenvalue weighted by Crippen LogP contribution is 2.30. The SMILES string of the molecule is CCn1c(SCC(=O)Nc2ccc(OC)cc2OC)nnc1C(C)Oc1cccc(OC)c1. The summed E-state index contributed by atoms with van der Waals surface area (Å²) >= 11 is 1.31. The largest absolute Gasteiger partial charge is 0.497 e. The second kappa shape index (κ2) is 11.5. The highest BCUT2D eigenvalue weighted by molar-refractivity contribution is 7.99. The summed E-state index contributed by atoms with van der Waals surface area (Å²) in [4.78, 5) is 12.5. The fourth-order valence-electron chi connectivity index (χ4n) is 3.15. The topological polar surface area (TPSA) is 96.7 Å². The van der Waals surface area contributed by atoms with Crippen molar-refractivity contribution in [2.24, 2.45) is 0 Å². The van der Waals surface area contributed by atoms with Gasteiger partial charge in [-0.25, -0.2) is 0 Å². The number of rotatable bonds is 11. The Morgan fingerprint density at radius 3 is 2.45 bits per heavy atom.